The van der Waals surface area contributed by atoms with Crippen LogP contribution < -0.4 is 0 Å². The molecule has 0 saturated heterocycles. The van der Waals surface area contributed by atoms with E-state index in [4.69, 9.17) is 9.98 Å². The number of nitrogens with zero attached hydrogens (tertiary/aromatic N) is 2. The Balaban J connectivity index is 1.81. The van der Waals surface area contributed by atoms with E-state index in [0.717, 1.165) is 36.3 Å². The van der Waals surface area contributed by atoms with Crippen LogP contribution in [0.1, 0.15) is 301 Å². The van der Waals surface area contributed by atoms with E-state index in [1.807, 2.05) is 6.21 Å². The first-order valence-electron chi connectivity index (χ1n) is 29.0. The molecule has 2 aromatic carbocycles. The zero-order valence-corrected chi connectivity index (χ0v) is 44.1. The molecule has 2 aromatic rings. The van der Waals surface area contributed by atoms with Crippen molar-refractivity contribution >= 4 is 23.3 Å². The van der Waals surface area contributed by atoms with Crippen LogP contribution in [0.3, 0.4) is 0 Å². The maximum absolute atomic E-state index is 5.18. The summed E-state index contributed by atoms with van der Waals surface area (Å²) in [6, 6.07) is 13.8. The van der Waals surface area contributed by atoms with Crippen LogP contribution in [-0.4, -0.2) is 11.9 Å². The van der Waals surface area contributed by atoms with Crippen LogP contribution in [0, 0.1) is 11.8 Å². The molecule has 0 spiro atoms. The third-order valence-corrected chi connectivity index (χ3v) is 13.8. The quantitative estimate of drug-likeness (QED) is 0.0360. The number of hydrogen-bond acceptors (Lipinski definition) is 2. The summed E-state index contributed by atoms with van der Waals surface area (Å²) in [6.07, 6.45) is 58.3. The molecule has 0 aliphatic carbocycles. The smallest absolute Gasteiger partial charge is 0.132 e. The molecular weight excluding hydrogens is 785 g/mol. The highest BCUT2D eigenvalue weighted by Crippen LogP contribution is 2.25. The second-order valence-electron chi connectivity index (χ2n) is 20.0. The molecule has 0 saturated carbocycles. The molecule has 0 aliphatic rings. The Kier molecular flexibility index (Phi) is 39.5. The number of benzene rings is 2. The molecule has 0 aromatic heterocycles. The average Bonchev–Trinajstić information content (AvgIpc) is 3.31. The normalized spacial score (nSPS) is 11.8. The van der Waals surface area contributed by atoms with Crippen molar-refractivity contribution in [1.29, 1.82) is 0 Å². The first-order chi connectivity index (χ1) is 32.1. The molecular formula is C63H106N2. The molecule has 65 heavy (non-hydrogen) atoms. The predicted molar refractivity (Wildman–Crippen MR) is 295 cm³/mol. The van der Waals surface area contributed by atoms with Crippen LogP contribution in [0.25, 0.3) is 0 Å². The summed E-state index contributed by atoms with van der Waals surface area (Å²) in [7, 11) is 0. The number of hydrogen-bond donors (Lipinski definition) is 0. The summed E-state index contributed by atoms with van der Waals surface area (Å²) in [5.41, 5.74) is 8.80. The van der Waals surface area contributed by atoms with E-state index in [0.29, 0.717) is 0 Å². The fraction of sp³-hybridized carbons (Fsp3) is 0.746. The fourth-order valence-electron chi connectivity index (χ4n) is 9.46. The summed E-state index contributed by atoms with van der Waals surface area (Å²) < 4.78 is 0. The Hall–Kier alpha value is -2.66. The Bertz CT molecular complexity index is 1500. The van der Waals surface area contributed by atoms with Crippen LogP contribution in [0.4, 0.5) is 11.4 Å². The van der Waals surface area contributed by atoms with Gasteiger partial charge in [-0.15, -0.1) is 0 Å². The Labute approximate surface area is 406 Å². The van der Waals surface area contributed by atoms with E-state index in [1.54, 1.807) is 0 Å². The lowest BCUT2D eigenvalue weighted by Crippen LogP contribution is -1.98. The number of unbranched alkanes of at least 4 members (excludes halogenated alkanes) is 33. The highest BCUT2D eigenvalue weighted by atomic mass is 14.8. The van der Waals surface area contributed by atoms with E-state index in [1.165, 1.54) is 273 Å². The highest BCUT2D eigenvalue weighted by molar-refractivity contribution is 6.39. The van der Waals surface area contributed by atoms with Crippen LogP contribution in [-0.2, 0) is 25.7 Å². The van der Waals surface area contributed by atoms with Crippen molar-refractivity contribution in [3.8, 4) is 11.8 Å². The third-order valence-electron chi connectivity index (χ3n) is 13.8. The van der Waals surface area contributed by atoms with Crippen LogP contribution >= 0.6 is 0 Å². The van der Waals surface area contributed by atoms with E-state index in [9.17, 15) is 0 Å². The van der Waals surface area contributed by atoms with Gasteiger partial charge in [-0.25, -0.2) is 4.99 Å². The number of aliphatic imine (C=N–C) groups is 2. The van der Waals surface area contributed by atoms with Gasteiger partial charge < -0.3 is 0 Å². The van der Waals surface area contributed by atoms with Crippen LogP contribution in [0.5, 0.6) is 0 Å². The molecule has 2 heteroatoms. The molecule has 0 heterocycles. The standard InChI is InChI=1S/C63H106N2/c1-6-11-16-17-18-19-20-21-22-23-24-25-26-27-28-29-30-31-32-33-34-35-36-37-38-39-44-49-63(65-62-53-51-58(46-41-13-8-3)60(55-62)48-43-15-10-5)56-64-61-52-50-57(45-40-12-7-2)59(54-61)47-42-14-9-4/h50-56H,6-43,45-48H2,1-5H3. The van der Waals surface area contributed by atoms with Crippen molar-refractivity contribution in [2.45, 2.75) is 304 Å². The van der Waals surface area contributed by atoms with Crippen molar-refractivity contribution in [1.82, 2.24) is 0 Å². The number of aryl methyl sites for hydroxylation is 4. The van der Waals surface area contributed by atoms with Gasteiger partial charge >= 0.3 is 0 Å². The van der Waals surface area contributed by atoms with Crippen LogP contribution in [0.2, 0.25) is 0 Å². The lowest BCUT2D eigenvalue weighted by molar-refractivity contribution is 0.516. The van der Waals surface area contributed by atoms with Gasteiger partial charge in [0.05, 0.1) is 17.6 Å². The van der Waals surface area contributed by atoms with E-state index < -0.39 is 0 Å². The number of rotatable bonds is 44. The van der Waals surface area contributed by atoms with Gasteiger partial charge in [0.25, 0.3) is 0 Å². The Morgan fingerprint density at radius 3 is 1.05 bits per heavy atom. The maximum Gasteiger partial charge on any atom is 0.132 e. The van der Waals surface area contributed by atoms with Crippen molar-refractivity contribution in [2.75, 3.05) is 0 Å². The van der Waals surface area contributed by atoms with Crippen molar-refractivity contribution in [2.24, 2.45) is 9.98 Å². The average molecular weight is 892 g/mol. The molecule has 0 radical (unpaired) electrons. The fourth-order valence-corrected chi connectivity index (χ4v) is 9.46. The summed E-state index contributed by atoms with van der Waals surface area (Å²) in [6.45, 7) is 11.5. The van der Waals surface area contributed by atoms with Gasteiger partial charge in [-0.1, -0.05) is 258 Å². The van der Waals surface area contributed by atoms with E-state index >= 15 is 0 Å². The van der Waals surface area contributed by atoms with Gasteiger partial charge in [0.2, 0.25) is 0 Å². The highest BCUT2D eigenvalue weighted by Gasteiger charge is 2.08. The molecule has 0 unspecified atom stereocenters. The van der Waals surface area contributed by atoms with E-state index in [2.05, 4.69) is 82.9 Å². The largest absolute Gasteiger partial charge is 0.254 e. The minimum absolute atomic E-state index is 0.780. The minimum atomic E-state index is 0.780. The Morgan fingerprint density at radius 2 is 0.662 bits per heavy atom. The molecule has 0 atom stereocenters. The predicted octanol–water partition coefficient (Wildman–Crippen LogP) is 21.3. The van der Waals surface area contributed by atoms with Gasteiger partial charge in [-0.2, -0.15) is 0 Å². The lowest BCUT2D eigenvalue weighted by Gasteiger charge is -2.11. The topological polar surface area (TPSA) is 24.7 Å². The third kappa shape index (κ3) is 32.6. The molecule has 0 fully saturated rings. The lowest BCUT2D eigenvalue weighted by atomic mass is 9.96. The van der Waals surface area contributed by atoms with Crippen molar-refractivity contribution in [3.05, 3.63) is 58.7 Å². The maximum atomic E-state index is 5.18. The van der Waals surface area contributed by atoms with Gasteiger partial charge in [0.1, 0.15) is 5.71 Å². The van der Waals surface area contributed by atoms with Crippen molar-refractivity contribution < 1.29 is 0 Å². The molecule has 2 rings (SSSR count). The molecule has 368 valence electrons. The van der Waals surface area contributed by atoms with Gasteiger partial charge in [-0.3, -0.25) is 4.99 Å². The molecule has 2 nitrogen and oxygen atoms in total. The Morgan fingerprint density at radius 1 is 0.354 bits per heavy atom. The second-order valence-corrected chi connectivity index (χ2v) is 20.0. The van der Waals surface area contributed by atoms with Gasteiger partial charge in [-0.05, 0) is 110 Å². The summed E-state index contributed by atoms with van der Waals surface area (Å²) in [4.78, 5) is 10.2. The first-order valence-corrected chi connectivity index (χ1v) is 29.0. The first kappa shape index (κ1) is 58.5. The molecule has 0 amide bonds. The van der Waals surface area contributed by atoms with Crippen molar-refractivity contribution in [3.63, 3.8) is 0 Å². The molecule has 0 N–H and O–H groups in total. The van der Waals surface area contributed by atoms with Gasteiger partial charge in [0, 0.05) is 6.42 Å². The minimum Gasteiger partial charge on any atom is -0.254 e. The molecule has 0 aliphatic heterocycles. The zero-order valence-electron chi connectivity index (χ0n) is 44.1. The zero-order chi connectivity index (χ0) is 46.5. The van der Waals surface area contributed by atoms with E-state index in [-0.39, 0.29) is 0 Å². The summed E-state index contributed by atoms with van der Waals surface area (Å²) >= 11 is 0. The monoisotopic (exact) mass is 891 g/mol. The van der Waals surface area contributed by atoms with Crippen LogP contribution in [0.15, 0.2) is 46.4 Å². The van der Waals surface area contributed by atoms with Gasteiger partial charge in [0.15, 0.2) is 0 Å². The second kappa shape index (κ2) is 43.9. The summed E-state index contributed by atoms with van der Waals surface area (Å²) in [5, 5.41) is 0. The summed E-state index contributed by atoms with van der Waals surface area (Å²) in [5.74, 6) is 7.01. The molecule has 0 bridgehead atoms. The SMILES string of the molecule is CCCCCCCCCCCCCCCCCCCCCCCCCCCC#CC(C=Nc1ccc(CCCCC)c(CCCCC)c1)=Nc1ccc(CCCCC)c(CCCCC)c1.